The van der Waals surface area contributed by atoms with Gasteiger partial charge in [-0.05, 0) is 48.3 Å². The molecule has 0 saturated heterocycles. The molecule has 190 valence electrons. The van der Waals surface area contributed by atoms with E-state index in [0.29, 0.717) is 17.9 Å². The van der Waals surface area contributed by atoms with E-state index in [2.05, 4.69) is 9.69 Å². The maximum Gasteiger partial charge on any atom is 0.273 e. The molecule has 36 heavy (non-hydrogen) atoms. The van der Waals surface area contributed by atoms with E-state index in [4.69, 9.17) is 16.2 Å². The number of methoxy groups -OCH3 is 1. The number of hydrogen-bond acceptors (Lipinski definition) is 8. The van der Waals surface area contributed by atoms with E-state index < -0.39 is 23.8 Å². The first-order valence-electron chi connectivity index (χ1n) is 11.1. The first-order valence-corrected chi connectivity index (χ1v) is 11.9. The molecule has 0 spiro atoms. The van der Waals surface area contributed by atoms with Crippen molar-refractivity contribution in [2.75, 3.05) is 49.9 Å². The van der Waals surface area contributed by atoms with Crippen molar-refractivity contribution in [3.63, 3.8) is 0 Å². The lowest BCUT2D eigenvalue weighted by Gasteiger charge is -2.31. The molecule has 0 saturated carbocycles. The molecule has 10 nitrogen and oxygen atoms in total. The molecular weight excluding hydrogens is 480 g/mol. The number of aryl methyl sites for hydroxylation is 1. The Balaban J connectivity index is 2.17. The number of hydrogen-bond donors (Lipinski definition) is 3. The zero-order chi connectivity index (χ0) is 26.4. The van der Waals surface area contributed by atoms with Gasteiger partial charge in [0, 0.05) is 39.1 Å². The molecule has 5 N–H and O–H groups in total. The van der Waals surface area contributed by atoms with E-state index in [9.17, 15) is 14.4 Å². The Morgan fingerprint density at radius 2 is 1.67 bits per heavy atom. The minimum Gasteiger partial charge on any atom is -0.395 e. The number of anilines is 3. The van der Waals surface area contributed by atoms with Crippen LogP contribution < -0.4 is 26.6 Å². The minimum atomic E-state index is -1.05. The second kappa shape index (κ2) is 11.6. The molecule has 1 aromatic heterocycles. The van der Waals surface area contributed by atoms with Gasteiger partial charge in [0.1, 0.15) is 10.9 Å². The lowest BCUT2D eigenvalue weighted by Crippen LogP contribution is -2.44. The van der Waals surface area contributed by atoms with Crippen LogP contribution >= 0.6 is 11.5 Å². The zero-order valence-electron chi connectivity index (χ0n) is 20.6. The molecule has 0 unspecified atom stereocenters. The molecule has 3 aromatic rings. The summed E-state index contributed by atoms with van der Waals surface area (Å²) in [6.07, 6.45) is 0. The van der Waals surface area contributed by atoms with Crippen LogP contribution in [0.15, 0.2) is 48.5 Å². The highest BCUT2D eigenvalue weighted by atomic mass is 32.1. The quantitative estimate of drug-likeness (QED) is 0.355. The molecule has 0 fully saturated rings. The third kappa shape index (κ3) is 5.81. The van der Waals surface area contributed by atoms with Crippen LogP contribution in [-0.2, 0) is 9.53 Å². The third-order valence-corrected chi connectivity index (χ3v) is 6.37. The van der Waals surface area contributed by atoms with E-state index in [0.717, 1.165) is 22.8 Å². The van der Waals surface area contributed by atoms with Gasteiger partial charge in [-0.2, -0.15) is 4.37 Å². The normalized spacial score (nSPS) is 11.6. The summed E-state index contributed by atoms with van der Waals surface area (Å²) in [5.41, 5.74) is 14.1. The lowest BCUT2D eigenvalue weighted by atomic mass is 10.0. The fourth-order valence-corrected chi connectivity index (χ4v) is 4.32. The second-order valence-corrected chi connectivity index (χ2v) is 9.09. The molecule has 0 aliphatic heterocycles. The van der Waals surface area contributed by atoms with E-state index in [1.807, 2.05) is 50.2 Å². The van der Waals surface area contributed by atoms with Crippen molar-refractivity contribution in [1.82, 2.24) is 9.69 Å². The smallest absolute Gasteiger partial charge is 0.273 e. The molecule has 11 heteroatoms. The predicted molar refractivity (Wildman–Crippen MR) is 141 cm³/mol. The van der Waals surface area contributed by atoms with Crippen LogP contribution in [0.3, 0.4) is 0 Å². The fraction of sp³-hybridized carbons (Fsp3) is 0.280. The number of rotatable bonds is 10. The summed E-state index contributed by atoms with van der Waals surface area (Å²) in [7, 11) is 5.36. The van der Waals surface area contributed by atoms with Gasteiger partial charge in [0.25, 0.3) is 11.8 Å². The number of carbonyl (C=O) groups is 3. The van der Waals surface area contributed by atoms with Gasteiger partial charge in [0.05, 0.1) is 12.3 Å². The Hall–Kier alpha value is -3.96. The predicted octanol–water partition coefficient (Wildman–Crippen LogP) is 2.35. The largest absolute Gasteiger partial charge is 0.395 e. The maximum absolute atomic E-state index is 14.0. The van der Waals surface area contributed by atoms with Crippen molar-refractivity contribution >= 4 is 46.3 Å². The van der Waals surface area contributed by atoms with Gasteiger partial charge in [-0.1, -0.05) is 29.8 Å². The van der Waals surface area contributed by atoms with Gasteiger partial charge >= 0.3 is 0 Å². The topological polar surface area (TPSA) is 144 Å². The third-order valence-electron chi connectivity index (χ3n) is 5.52. The van der Waals surface area contributed by atoms with Crippen molar-refractivity contribution < 1.29 is 19.1 Å². The summed E-state index contributed by atoms with van der Waals surface area (Å²) in [5, 5.41) is 2.84. The Bertz CT molecular complexity index is 1220. The van der Waals surface area contributed by atoms with E-state index >= 15 is 0 Å². The number of aromatic nitrogens is 1. The van der Waals surface area contributed by atoms with Gasteiger partial charge in [-0.3, -0.25) is 19.3 Å². The number of nitrogens with zero attached hydrogens (tertiary/aromatic N) is 3. The number of amides is 3. The molecule has 0 aliphatic rings. The van der Waals surface area contributed by atoms with Gasteiger partial charge in [-0.15, -0.1) is 0 Å². The van der Waals surface area contributed by atoms with Crippen LogP contribution in [0.5, 0.6) is 0 Å². The van der Waals surface area contributed by atoms with Crippen molar-refractivity contribution in [2.45, 2.75) is 13.0 Å². The first kappa shape index (κ1) is 26.6. The average Bonchev–Trinajstić information content (AvgIpc) is 3.24. The number of nitrogens with two attached hydrogens (primary N) is 2. The summed E-state index contributed by atoms with van der Waals surface area (Å²) >= 11 is 0.765. The SMILES string of the molecule is COCCNC(=O)[C@H](c1ccc(N(C)C)cc1)N(C(=O)c1snc(C(N)=O)c1N)c1ccc(C)cc1. The van der Waals surface area contributed by atoms with E-state index in [1.54, 1.807) is 24.3 Å². The highest BCUT2D eigenvalue weighted by Crippen LogP contribution is 2.33. The Morgan fingerprint density at radius 1 is 1.06 bits per heavy atom. The number of benzene rings is 2. The van der Waals surface area contributed by atoms with Gasteiger partial charge < -0.3 is 26.4 Å². The lowest BCUT2D eigenvalue weighted by molar-refractivity contribution is -0.122. The van der Waals surface area contributed by atoms with Crippen molar-refractivity contribution in [3.05, 3.63) is 70.2 Å². The van der Waals surface area contributed by atoms with Crippen LogP contribution in [0, 0.1) is 6.92 Å². The number of nitrogens with one attached hydrogen (secondary N) is 1. The van der Waals surface area contributed by atoms with Gasteiger partial charge in [-0.25, -0.2) is 0 Å². The average molecular weight is 511 g/mol. The van der Waals surface area contributed by atoms with Crippen LogP contribution in [0.2, 0.25) is 0 Å². The highest BCUT2D eigenvalue weighted by Gasteiger charge is 2.36. The summed E-state index contributed by atoms with van der Waals surface area (Å²) in [5.74, 6) is -1.82. The molecule has 0 radical (unpaired) electrons. The molecule has 1 heterocycles. The molecule has 2 aromatic carbocycles. The highest BCUT2D eigenvalue weighted by molar-refractivity contribution is 7.09. The number of carbonyl (C=O) groups excluding carboxylic acids is 3. The van der Waals surface area contributed by atoms with Gasteiger partial charge in [0.15, 0.2) is 5.69 Å². The molecule has 0 aliphatic carbocycles. The van der Waals surface area contributed by atoms with Crippen LogP contribution in [0.25, 0.3) is 0 Å². The maximum atomic E-state index is 14.0. The fourth-order valence-electron chi connectivity index (χ4n) is 3.57. The Morgan fingerprint density at radius 3 is 2.19 bits per heavy atom. The van der Waals surface area contributed by atoms with Crippen LogP contribution in [0.1, 0.15) is 37.3 Å². The second-order valence-electron chi connectivity index (χ2n) is 8.32. The van der Waals surface area contributed by atoms with Crippen LogP contribution in [0.4, 0.5) is 17.1 Å². The van der Waals surface area contributed by atoms with Crippen molar-refractivity contribution in [2.24, 2.45) is 5.73 Å². The summed E-state index contributed by atoms with van der Waals surface area (Å²) in [4.78, 5) is 42.6. The van der Waals surface area contributed by atoms with E-state index in [-0.39, 0.29) is 22.8 Å². The molecular formula is C25H30N6O4S. The van der Waals surface area contributed by atoms with E-state index in [1.165, 1.54) is 12.0 Å². The van der Waals surface area contributed by atoms with Crippen molar-refractivity contribution in [1.29, 1.82) is 0 Å². The zero-order valence-corrected chi connectivity index (χ0v) is 21.5. The number of primary amides is 1. The number of ether oxygens (including phenoxy) is 1. The van der Waals surface area contributed by atoms with Crippen LogP contribution in [-0.4, -0.2) is 56.5 Å². The standard InChI is InChI=1S/C25H30N6O4S/c1-15-5-9-18(10-6-15)31(25(34)22-19(26)20(23(27)32)29-36-22)21(24(33)28-13-14-35-4)16-7-11-17(12-8-16)30(2)3/h5-12,21H,13-14,26H2,1-4H3,(H2,27,32)(H,28,33)/t21-/m0/s1. The van der Waals surface area contributed by atoms with Gasteiger partial charge in [0.2, 0.25) is 5.91 Å². The molecule has 3 amide bonds. The molecule has 1 atom stereocenters. The summed E-state index contributed by atoms with van der Waals surface area (Å²) in [6.45, 7) is 2.48. The number of nitrogen functional groups attached to an aromatic ring is 1. The monoisotopic (exact) mass is 510 g/mol. The van der Waals surface area contributed by atoms with Crippen molar-refractivity contribution in [3.8, 4) is 0 Å². The molecule has 3 rings (SSSR count). The summed E-state index contributed by atoms with van der Waals surface area (Å²) < 4.78 is 9.04. The Labute approximate surface area is 214 Å². The summed E-state index contributed by atoms with van der Waals surface area (Å²) in [6, 6.07) is 13.5. The minimum absolute atomic E-state index is 0.0176. The molecule has 0 bridgehead atoms. The Kier molecular flexibility index (Phi) is 8.62. The first-order chi connectivity index (χ1) is 17.1.